The zero-order chi connectivity index (χ0) is 24.9. The van der Waals surface area contributed by atoms with E-state index in [0.29, 0.717) is 18.4 Å². The number of halogens is 5. The molecule has 1 fully saturated rings. The molecule has 0 saturated heterocycles. The van der Waals surface area contributed by atoms with Gasteiger partial charge in [0.2, 0.25) is 5.91 Å². The average Bonchev–Trinajstić information content (AvgIpc) is 2.76. The van der Waals surface area contributed by atoms with E-state index in [4.69, 9.17) is 0 Å². The zero-order valence-corrected chi connectivity index (χ0v) is 18.9. The Morgan fingerprint density at radius 1 is 1.06 bits per heavy atom. The summed E-state index contributed by atoms with van der Waals surface area (Å²) in [4.78, 5) is 11.7. The molecule has 0 aliphatic heterocycles. The quantitative estimate of drug-likeness (QED) is 0.470. The van der Waals surface area contributed by atoms with Crippen LogP contribution >= 0.6 is 0 Å². The van der Waals surface area contributed by atoms with Crippen LogP contribution in [0.2, 0.25) is 0 Å². The van der Waals surface area contributed by atoms with Crippen LogP contribution in [0.5, 0.6) is 0 Å². The van der Waals surface area contributed by atoms with E-state index in [1.807, 2.05) is 0 Å². The Labute approximate surface area is 195 Å². The van der Waals surface area contributed by atoms with Gasteiger partial charge in [-0.1, -0.05) is 31.4 Å². The number of amides is 1. The molecule has 0 aromatic heterocycles. The molecule has 3 rings (SSSR count). The van der Waals surface area contributed by atoms with Crippen molar-refractivity contribution in [2.45, 2.75) is 69.3 Å². The molecular weight excluding hydrogens is 455 g/mol. The summed E-state index contributed by atoms with van der Waals surface area (Å²) >= 11 is 0. The fraction of sp³-hybridized carbons (Fsp3) is 0.480. The topological polar surface area (TPSA) is 61.4 Å². The number of aliphatic hydroxyl groups excluding tert-OH is 1. The maximum atomic E-state index is 13.6. The monoisotopic (exact) mass is 484 g/mol. The number of benzene rings is 2. The molecule has 0 spiro atoms. The largest absolute Gasteiger partial charge is 0.416 e. The Morgan fingerprint density at radius 2 is 1.71 bits per heavy atom. The lowest BCUT2D eigenvalue weighted by molar-refractivity contribution is -0.137. The molecule has 34 heavy (non-hydrogen) atoms. The standard InChI is InChI=1S/C25H29F5N2O2/c1-16(33)32-22(12-17-10-20(26)14-21(27)11-17)23(34)15-31-24(8-3-2-4-9-24)18-6-5-7-19(13-18)25(28,29)30/h5-7,10-11,13-14,22-23,31,34H,2-4,8-9,12,15H2,1H3,(H,32,33)/t22-,23+/m1/s1. The Kier molecular flexibility index (Phi) is 8.30. The first-order valence-electron chi connectivity index (χ1n) is 11.3. The smallest absolute Gasteiger partial charge is 0.390 e. The van der Waals surface area contributed by atoms with Gasteiger partial charge in [-0.3, -0.25) is 4.79 Å². The zero-order valence-electron chi connectivity index (χ0n) is 18.9. The van der Waals surface area contributed by atoms with Gasteiger partial charge in [0.1, 0.15) is 11.6 Å². The predicted octanol–water partition coefficient (Wildman–Crippen LogP) is 4.84. The highest BCUT2D eigenvalue weighted by molar-refractivity contribution is 5.73. The Hall–Kier alpha value is -2.52. The minimum atomic E-state index is -4.47. The van der Waals surface area contributed by atoms with Gasteiger partial charge in [-0.15, -0.1) is 0 Å². The first-order valence-corrected chi connectivity index (χ1v) is 11.3. The second-order valence-corrected chi connectivity index (χ2v) is 8.96. The van der Waals surface area contributed by atoms with Crippen LogP contribution < -0.4 is 10.6 Å². The van der Waals surface area contributed by atoms with Crippen molar-refractivity contribution in [1.82, 2.24) is 10.6 Å². The van der Waals surface area contributed by atoms with Crippen LogP contribution in [-0.2, 0) is 22.9 Å². The van der Waals surface area contributed by atoms with Crippen molar-refractivity contribution < 1.29 is 31.9 Å². The number of carbonyl (C=O) groups excluding carboxylic acids is 1. The maximum Gasteiger partial charge on any atom is 0.416 e. The summed E-state index contributed by atoms with van der Waals surface area (Å²) in [5.41, 5.74) is -0.730. The number of hydrogen-bond acceptors (Lipinski definition) is 3. The van der Waals surface area contributed by atoms with Crippen LogP contribution in [0.4, 0.5) is 22.0 Å². The van der Waals surface area contributed by atoms with Crippen LogP contribution in [-0.4, -0.2) is 29.7 Å². The van der Waals surface area contributed by atoms with Gasteiger partial charge in [0.15, 0.2) is 0 Å². The molecule has 0 unspecified atom stereocenters. The molecule has 0 radical (unpaired) electrons. The lowest BCUT2D eigenvalue weighted by atomic mass is 9.76. The Morgan fingerprint density at radius 3 is 2.29 bits per heavy atom. The van der Waals surface area contributed by atoms with E-state index < -0.39 is 47.0 Å². The first-order chi connectivity index (χ1) is 16.0. The van der Waals surface area contributed by atoms with E-state index in [-0.39, 0.29) is 18.5 Å². The molecule has 2 aromatic rings. The molecule has 1 aliphatic carbocycles. The molecule has 1 amide bonds. The molecule has 9 heteroatoms. The number of carbonyl (C=O) groups is 1. The highest BCUT2D eigenvalue weighted by atomic mass is 19.4. The second-order valence-electron chi connectivity index (χ2n) is 8.96. The van der Waals surface area contributed by atoms with Crippen molar-refractivity contribution in [2.75, 3.05) is 6.54 Å². The van der Waals surface area contributed by atoms with Crippen molar-refractivity contribution >= 4 is 5.91 Å². The summed E-state index contributed by atoms with van der Waals surface area (Å²) in [5, 5.41) is 16.8. The van der Waals surface area contributed by atoms with Gasteiger partial charge in [-0.25, -0.2) is 8.78 Å². The fourth-order valence-electron chi connectivity index (χ4n) is 4.69. The van der Waals surface area contributed by atoms with Crippen LogP contribution in [0.15, 0.2) is 42.5 Å². The van der Waals surface area contributed by atoms with E-state index in [2.05, 4.69) is 10.6 Å². The SMILES string of the molecule is CC(=O)N[C@H](Cc1cc(F)cc(F)c1)[C@@H](O)CNC1(c2cccc(C(F)(F)F)c2)CCCCC1. The van der Waals surface area contributed by atoms with Gasteiger partial charge in [-0.05, 0) is 54.7 Å². The van der Waals surface area contributed by atoms with E-state index in [9.17, 15) is 31.9 Å². The summed E-state index contributed by atoms with van der Waals surface area (Å²) < 4.78 is 67.1. The van der Waals surface area contributed by atoms with Crippen molar-refractivity contribution in [3.05, 3.63) is 70.8 Å². The van der Waals surface area contributed by atoms with E-state index in [1.54, 1.807) is 6.07 Å². The van der Waals surface area contributed by atoms with Crippen LogP contribution in [0.1, 0.15) is 55.7 Å². The first kappa shape index (κ1) is 26.1. The number of nitrogens with one attached hydrogen (secondary N) is 2. The van der Waals surface area contributed by atoms with E-state index >= 15 is 0 Å². The van der Waals surface area contributed by atoms with E-state index in [0.717, 1.165) is 49.6 Å². The van der Waals surface area contributed by atoms with Gasteiger partial charge in [-0.2, -0.15) is 13.2 Å². The van der Waals surface area contributed by atoms with E-state index in [1.165, 1.54) is 13.0 Å². The van der Waals surface area contributed by atoms with Crippen molar-refractivity contribution in [2.24, 2.45) is 0 Å². The number of rotatable bonds is 8. The molecule has 0 heterocycles. The number of alkyl halides is 3. The van der Waals surface area contributed by atoms with Crippen LogP contribution in [0.3, 0.4) is 0 Å². The van der Waals surface area contributed by atoms with Gasteiger partial charge in [0, 0.05) is 25.1 Å². The third-order valence-electron chi connectivity index (χ3n) is 6.33. The molecule has 4 nitrogen and oxygen atoms in total. The molecule has 2 atom stereocenters. The second kappa shape index (κ2) is 10.8. The van der Waals surface area contributed by atoms with Crippen LogP contribution in [0.25, 0.3) is 0 Å². The Balaban J connectivity index is 1.80. The Bertz CT molecular complexity index is 969. The molecule has 2 aromatic carbocycles. The summed E-state index contributed by atoms with van der Waals surface area (Å²) in [6.45, 7) is 1.24. The normalized spacial score (nSPS) is 17.7. The lowest BCUT2D eigenvalue weighted by Crippen LogP contribution is -2.53. The summed E-state index contributed by atoms with van der Waals surface area (Å²) in [6.07, 6.45) is -1.85. The molecule has 0 bridgehead atoms. The van der Waals surface area contributed by atoms with Gasteiger partial charge in [0.25, 0.3) is 0 Å². The summed E-state index contributed by atoms with van der Waals surface area (Å²) in [7, 11) is 0. The van der Waals surface area contributed by atoms with Crippen molar-refractivity contribution in [1.29, 1.82) is 0 Å². The summed E-state index contributed by atoms with van der Waals surface area (Å²) in [6, 6.07) is 7.34. The minimum Gasteiger partial charge on any atom is -0.390 e. The highest BCUT2D eigenvalue weighted by Crippen LogP contribution is 2.39. The van der Waals surface area contributed by atoms with Gasteiger partial charge in [0.05, 0.1) is 17.7 Å². The third-order valence-corrected chi connectivity index (χ3v) is 6.33. The molecule has 186 valence electrons. The number of aliphatic hydroxyl groups is 1. The molecule has 1 saturated carbocycles. The fourth-order valence-corrected chi connectivity index (χ4v) is 4.69. The third kappa shape index (κ3) is 6.76. The van der Waals surface area contributed by atoms with Crippen LogP contribution in [0, 0.1) is 11.6 Å². The highest BCUT2D eigenvalue weighted by Gasteiger charge is 2.37. The molecule has 1 aliphatic rings. The lowest BCUT2D eigenvalue weighted by Gasteiger charge is -2.40. The maximum absolute atomic E-state index is 13.6. The number of hydrogen-bond donors (Lipinski definition) is 3. The molecule has 3 N–H and O–H groups in total. The van der Waals surface area contributed by atoms with Crippen molar-refractivity contribution in [3.8, 4) is 0 Å². The van der Waals surface area contributed by atoms with Gasteiger partial charge < -0.3 is 15.7 Å². The minimum absolute atomic E-state index is 0.0202. The average molecular weight is 485 g/mol. The van der Waals surface area contributed by atoms with Gasteiger partial charge >= 0.3 is 6.18 Å². The predicted molar refractivity (Wildman–Crippen MR) is 118 cm³/mol. The molecular formula is C25H29F5N2O2. The van der Waals surface area contributed by atoms with Crippen molar-refractivity contribution in [3.63, 3.8) is 0 Å². The summed E-state index contributed by atoms with van der Waals surface area (Å²) in [5.74, 6) is -1.96.